The zero-order valence-corrected chi connectivity index (χ0v) is 11.3. The van der Waals surface area contributed by atoms with Crippen molar-refractivity contribution in [2.75, 3.05) is 46.3 Å². The minimum Gasteiger partial charge on any atom is -0.388 e. The Hall–Kier alpha value is -0.650. The maximum absolute atomic E-state index is 12.0. The van der Waals surface area contributed by atoms with Crippen molar-refractivity contribution in [2.45, 2.75) is 31.3 Å². The summed E-state index contributed by atoms with van der Waals surface area (Å²) in [5, 5.41) is 13.7. The van der Waals surface area contributed by atoms with Gasteiger partial charge in [0.05, 0.1) is 12.1 Å². The van der Waals surface area contributed by atoms with Crippen LogP contribution in [0.15, 0.2) is 0 Å². The summed E-state index contributed by atoms with van der Waals surface area (Å²) in [6.07, 6.45) is 3.81. The van der Waals surface area contributed by atoms with E-state index in [1.54, 1.807) is 0 Å². The van der Waals surface area contributed by atoms with E-state index in [4.69, 9.17) is 0 Å². The smallest absolute Gasteiger partial charge is 0.236 e. The molecule has 0 radical (unpaired) electrons. The number of aliphatic hydroxyl groups is 1. The van der Waals surface area contributed by atoms with Gasteiger partial charge in [0.15, 0.2) is 0 Å². The average Bonchev–Trinajstić information content (AvgIpc) is 2.82. The quantitative estimate of drug-likeness (QED) is 0.721. The van der Waals surface area contributed by atoms with E-state index in [9.17, 15) is 9.90 Å². The van der Waals surface area contributed by atoms with Gasteiger partial charge >= 0.3 is 0 Å². The molecule has 0 unspecified atom stereocenters. The Balaban J connectivity index is 1.76. The van der Waals surface area contributed by atoms with Crippen molar-refractivity contribution in [1.82, 2.24) is 15.1 Å². The van der Waals surface area contributed by atoms with E-state index < -0.39 is 5.60 Å². The summed E-state index contributed by atoms with van der Waals surface area (Å²) in [5.41, 5.74) is -0.620. The molecule has 2 N–H and O–H groups in total. The molecule has 5 heteroatoms. The van der Waals surface area contributed by atoms with Crippen LogP contribution in [-0.4, -0.2) is 72.7 Å². The lowest BCUT2D eigenvalue weighted by molar-refractivity contribution is -0.131. The molecule has 104 valence electrons. The Bertz CT molecular complexity index is 284. The molecule has 2 fully saturated rings. The van der Waals surface area contributed by atoms with Gasteiger partial charge in [-0.25, -0.2) is 0 Å². The van der Waals surface area contributed by atoms with Crippen LogP contribution in [0.1, 0.15) is 25.7 Å². The highest BCUT2D eigenvalue weighted by Gasteiger charge is 2.31. The highest BCUT2D eigenvalue weighted by Crippen LogP contribution is 2.19. The van der Waals surface area contributed by atoms with Crippen LogP contribution in [0.3, 0.4) is 0 Å². The molecule has 0 aliphatic carbocycles. The van der Waals surface area contributed by atoms with Gasteiger partial charge in [-0.05, 0) is 45.8 Å². The summed E-state index contributed by atoms with van der Waals surface area (Å²) < 4.78 is 0. The van der Waals surface area contributed by atoms with E-state index in [0.717, 1.165) is 51.9 Å². The average molecular weight is 255 g/mol. The number of likely N-dealkylation sites (N-methyl/N-ethyl adjacent to an activating group) is 1. The Morgan fingerprint density at radius 2 is 1.94 bits per heavy atom. The lowest BCUT2D eigenvalue weighted by atomic mass is 9.92. The van der Waals surface area contributed by atoms with E-state index in [1.807, 2.05) is 16.8 Å². The van der Waals surface area contributed by atoms with Crippen LogP contribution in [-0.2, 0) is 4.79 Å². The molecule has 0 aromatic rings. The number of hydrogen-bond acceptors (Lipinski definition) is 4. The Labute approximate surface area is 109 Å². The molecule has 0 atom stereocenters. The minimum atomic E-state index is -0.620. The molecular weight excluding hydrogens is 230 g/mol. The topological polar surface area (TPSA) is 55.8 Å². The van der Waals surface area contributed by atoms with Crippen molar-refractivity contribution in [3.05, 3.63) is 0 Å². The predicted molar refractivity (Wildman–Crippen MR) is 70.4 cm³/mol. The lowest BCUT2D eigenvalue weighted by Gasteiger charge is -2.36. The number of piperidine rings is 1. The van der Waals surface area contributed by atoms with Gasteiger partial charge in [0, 0.05) is 19.6 Å². The zero-order chi connectivity index (χ0) is 13.0. The summed E-state index contributed by atoms with van der Waals surface area (Å²) in [6.45, 7) is 4.56. The third kappa shape index (κ3) is 3.67. The number of rotatable bonds is 4. The molecule has 0 spiro atoms. The molecule has 1 amide bonds. The second-order valence-corrected chi connectivity index (χ2v) is 5.73. The van der Waals surface area contributed by atoms with Gasteiger partial charge in [0.2, 0.25) is 5.91 Å². The maximum atomic E-state index is 12.0. The molecule has 2 rings (SSSR count). The molecule has 2 aliphatic rings. The van der Waals surface area contributed by atoms with Crippen molar-refractivity contribution < 1.29 is 9.90 Å². The van der Waals surface area contributed by atoms with Crippen molar-refractivity contribution in [1.29, 1.82) is 0 Å². The molecule has 2 aliphatic heterocycles. The molecular formula is C13H25N3O2. The summed E-state index contributed by atoms with van der Waals surface area (Å²) >= 11 is 0. The van der Waals surface area contributed by atoms with Crippen molar-refractivity contribution in [3.63, 3.8) is 0 Å². The fraction of sp³-hybridized carbons (Fsp3) is 0.923. The normalized spacial score (nSPS) is 23.6. The third-order valence-corrected chi connectivity index (χ3v) is 3.96. The van der Waals surface area contributed by atoms with E-state index in [1.165, 1.54) is 0 Å². The van der Waals surface area contributed by atoms with Gasteiger partial charge in [-0.15, -0.1) is 0 Å². The first-order chi connectivity index (χ1) is 8.59. The van der Waals surface area contributed by atoms with Crippen LogP contribution in [0.2, 0.25) is 0 Å². The van der Waals surface area contributed by atoms with Gasteiger partial charge in [-0.2, -0.15) is 0 Å². The lowest BCUT2D eigenvalue weighted by Crippen LogP contribution is -2.50. The second-order valence-electron chi connectivity index (χ2n) is 5.73. The van der Waals surface area contributed by atoms with Crippen molar-refractivity contribution in [2.24, 2.45) is 0 Å². The standard InChI is InChI=1S/C13H25N3O2/c1-15(10-12(17)16-8-2-3-9-16)11-13(18)4-6-14-7-5-13/h14,18H,2-11H2,1H3. The summed E-state index contributed by atoms with van der Waals surface area (Å²) in [6, 6.07) is 0. The van der Waals surface area contributed by atoms with Crippen LogP contribution in [0.25, 0.3) is 0 Å². The number of hydrogen-bond donors (Lipinski definition) is 2. The number of carbonyl (C=O) groups excluding carboxylic acids is 1. The van der Waals surface area contributed by atoms with Crippen molar-refractivity contribution >= 4 is 5.91 Å². The number of carbonyl (C=O) groups is 1. The first-order valence-electron chi connectivity index (χ1n) is 6.98. The van der Waals surface area contributed by atoms with Gasteiger partial charge in [-0.3, -0.25) is 9.69 Å². The van der Waals surface area contributed by atoms with Crippen molar-refractivity contribution in [3.8, 4) is 0 Å². The summed E-state index contributed by atoms with van der Waals surface area (Å²) in [5.74, 6) is 0.201. The van der Waals surface area contributed by atoms with Gasteiger partial charge in [0.1, 0.15) is 0 Å². The molecule has 0 aromatic carbocycles. The predicted octanol–water partition coefficient (Wildman–Crippen LogP) is -0.345. The Kier molecular flexibility index (Phi) is 4.59. The monoisotopic (exact) mass is 255 g/mol. The van der Waals surface area contributed by atoms with Gasteiger partial charge in [-0.1, -0.05) is 0 Å². The largest absolute Gasteiger partial charge is 0.388 e. The molecule has 2 saturated heterocycles. The fourth-order valence-electron chi connectivity index (χ4n) is 2.91. The number of nitrogens with zero attached hydrogens (tertiary/aromatic N) is 2. The van der Waals surface area contributed by atoms with E-state index in [0.29, 0.717) is 13.1 Å². The SMILES string of the molecule is CN(CC(=O)N1CCCC1)CC1(O)CCNCC1. The molecule has 0 saturated carbocycles. The summed E-state index contributed by atoms with van der Waals surface area (Å²) in [7, 11) is 1.92. The number of amides is 1. The molecule has 18 heavy (non-hydrogen) atoms. The van der Waals surface area contributed by atoms with Crippen LogP contribution in [0.4, 0.5) is 0 Å². The fourth-order valence-corrected chi connectivity index (χ4v) is 2.91. The van der Waals surface area contributed by atoms with E-state index >= 15 is 0 Å². The van der Waals surface area contributed by atoms with Crippen LogP contribution in [0, 0.1) is 0 Å². The Morgan fingerprint density at radius 1 is 1.33 bits per heavy atom. The van der Waals surface area contributed by atoms with Gasteiger partial charge in [0.25, 0.3) is 0 Å². The molecule has 2 heterocycles. The van der Waals surface area contributed by atoms with Gasteiger partial charge < -0.3 is 15.3 Å². The number of nitrogens with one attached hydrogen (secondary N) is 1. The number of likely N-dealkylation sites (tertiary alicyclic amines) is 1. The first-order valence-corrected chi connectivity index (χ1v) is 6.98. The van der Waals surface area contributed by atoms with E-state index in [-0.39, 0.29) is 5.91 Å². The maximum Gasteiger partial charge on any atom is 0.236 e. The highest BCUT2D eigenvalue weighted by molar-refractivity contribution is 5.78. The minimum absolute atomic E-state index is 0.201. The zero-order valence-electron chi connectivity index (χ0n) is 11.3. The molecule has 0 aromatic heterocycles. The summed E-state index contributed by atoms with van der Waals surface area (Å²) in [4.78, 5) is 15.9. The third-order valence-electron chi connectivity index (χ3n) is 3.96. The molecule has 0 bridgehead atoms. The van der Waals surface area contributed by atoms with Crippen LogP contribution in [0.5, 0.6) is 0 Å². The second kappa shape index (κ2) is 5.99. The van der Waals surface area contributed by atoms with Crippen LogP contribution < -0.4 is 5.32 Å². The Morgan fingerprint density at radius 3 is 2.56 bits per heavy atom. The highest BCUT2D eigenvalue weighted by atomic mass is 16.3. The van der Waals surface area contributed by atoms with Crippen LogP contribution >= 0.6 is 0 Å². The molecule has 5 nitrogen and oxygen atoms in total. The first kappa shape index (κ1) is 13.8. The van der Waals surface area contributed by atoms with E-state index in [2.05, 4.69) is 5.32 Å².